The van der Waals surface area contributed by atoms with Crippen molar-refractivity contribution in [3.63, 3.8) is 0 Å². The number of para-hydroxylation sites is 1. The molecule has 1 aromatic carbocycles. The number of carbonyl (C=O) groups is 3. The van der Waals surface area contributed by atoms with Crippen LogP contribution in [-0.2, 0) is 23.9 Å². The molecule has 2 amide bonds. The Kier molecular flexibility index (Phi) is 5.57. The van der Waals surface area contributed by atoms with E-state index in [0.717, 1.165) is 11.1 Å². The van der Waals surface area contributed by atoms with Gasteiger partial charge < -0.3 is 24.8 Å². The molecule has 8 heteroatoms. The fourth-order valence-corrected chi connectivity index (χ4v) is 6.02. The fourth-order valence-electron chi connectivity index (χ4n) is 6.02. The number of hydrogen-bond acceptors (Lipinski definition) is 6. The average molecular weight is 445 g/mol. The molecule has 0 saturated carbocycles. The zero-order valence-electron chi connectivity index (χ0n) is 19.3. The first kappa shape index (κ1) is 22.7. The van der Waals surface area contributed by atoms with Crippen molar-refractivity contribution < 1.29 is 29.0 Å². The maximum atomic E-state index is 13.7. The maximum absolute atomic E-state index is 13.7. The third kappa shape index (κ3) is 3.07. The summed E-state index contributed by atoms with van der Waals surface area (Å²) in [6, 6.07) is 4.18. The molecule has 3 aliphatic rings. The van der Waals surface area contributed by atoms with E-state index in [-0.39, 0.29) is 25.0 Å². The highest BCUT2D eigenvalue weighted by molar-refractivity contribution is 6.04. The molecule has 3 aliphatic heterocycles. The van der Waals surface area contributed by atoms with Crippen molar-refractivity contribution in [1.82, 2.24) is 4.90 Å². The van der Waals surface area contributed by atoms with E-state index in [2.05, 4.69) is 5.32 Å². The lowest BCUT2D eigenvalue weighted by Crippen LogP contribution is -2.56. The van der Waals surface area contributed by atoms with Crippen molar-refractivity contribution in [2.45, 2.75) is 70.7 Å². The number of ether oxygens (including phenoxy) is 2. The number of anilines is 1. The second kappa shape index (κ2) is 7.85. The lowest BCUT2D eigenvalue weighted by molar-refractivity contribution is -0.159. The second-order valence-corrected chi connectivity index (χ2v) is 9.51. The van der Waals surface area contributed by atoms with E-state index in [1.54, 1.807) is 13.8 Å². The van der Waals surface area contributed by atoms with Crippen LogP contribution in [0.4, 0.5) is 5.69 Å². The third-order valence-corrected chi connectivity index (χ3v) is 7.47. The Labute approximate surface area is 188 Å². The zero-order chi connectivity index (χ0) is 23.4. The van der Waals surface area contributed by atoms with Gasteiger partial charge >= 0.3 is 5.97 Å². The van der Waals surface area contributed by atoms with Crippen LogP contribution >= 0.6 is 0 Å². The quantitative estimate of drug-likeness (QED) is 0.650. The number of likely N-dealkylation sites (tertiary alicyclic amines) is 1. The minimum absolute atomic E-state index is 0.201. The fraction of sp³-hybridized carbons (Fsp3) is 0.625. The molecule has 174 valence electrons. The van der Waals surface area contributed by atoms with Crippen LogP contribution in [0.25, 0.3) is 0 Å². The Balaban J connectivity index is 1.78. The van der Waals surface area contributed by atoms with Crippen LogP contribution in [0.1, 0.15) is 44.7 Å². The topological polar surface area (TPSA) is 105 Å². The van der Waals surface area contributed by atoms with E-state index in [4.69, 9.17) is 9.47 Å². The first-order valence-corrected chi connectivity index (χ1v) is 11.3. The van der Waals surface area contributed by atoms with E-state index in [1.807, 2.05) is 39.0 Å². The molecule has 0 aliphatic carbocycles. The number of carbonyl (C=O) groups excluding carboxylic acids is 3. The first-order valence-electron chi connectivity index (χ1n) is 11.3. The van der Waals surface area contributed by atoms with Crippen molar-refractivity contribution in [1.29, 1.82) is 0 Å². The SMILES string of the molecule is CCOC(=O)[C@@H]1[C@H]2C(=O)N([C@H](C)CO)C(C(=O)Nc3c(C)cccc3C)C23CC[C@@]1(C)O3. The summed E-state index contributed by atoms with van der Waals surface area (Å²) < 4.78 is 11.8. The smallest absolute Gasteiger partial charge is 0.312 e. The molecule has 0 aromatic heterocycles. The van der Waals surface area contributed by atoms with Gasteiger partial charge in [-0.25, -0.2) is 0 Å². The van der Waals surface area contributed by atoms with Crippen molar-refractivity contribution in [2.75, 3.05) is 18.5 Å². The Bertz CT molecular complexity index is 944. The standard InChI is InChI=1S/C24H32N2O6/c1-6-31-22(30)17-16-21(29)26(15(4)12-27)19(24(16)11-10-23(17,5)32-24)20(28)25-18-13(2)8-7-9-14(18)3/h7-9,15-17,19,27H,6,10-12H2,1-5H3,(H,25,28)/t15-,16+,17+,19?,23-,24?/m1/s1. The van der Waals surface area contributed by atoms with Crippen molar-refractivity contribution >= 4 is 23.5 Å². The van der Waals surface area contributed by atoms with E-state index >= 15 is 0 Å². The molecule has 2 N–H and O–H groups in total. The Morgan fingerprint density at radius 2 is 1.97 bits per heavy atom. The molecule has 1 spiro atoms. The van der Waals surface area contributed by atoms with E-state index < -0.39 is 41.1 Å². The van der Waals surface area contributed by atoms with E-state index in [0.29, 0.717) is 18.5 Å². The first-order chi connectivity index (χ1) is 15.1. The summed E-state index contributed by atoms with van der Waals surface area (Å²) in [4.78, 5) is 41.8. The summed E-state index contributed by atoms with van der Waals surface area (Å²) in [5.74, 6) is -2.78. The van der Waals surface area contributed by atoms with Crippen LogP contribution in [0, 0.1) is 25.7 Å². The number of hydrogen-bond donors (Lipinski definition) is 2. The summed E-state index contributed by atoms with van der Waals surface area (Å²) >= 11 is 0. The number of fused-ring (bicyclic) bond motifs is 1. The van der Waals surface area contributed by atoms with Gasteiger partial charge in [0.1, 0.15) is 17.6 Å². The largest absolute Gasteiger partial charge is 0.466 e. The van der Waals surface area contributed by atoms with Gasteiger partial charge in [0, 0.05) is 5.69 Å². The summed E-state index contributed by atoms with van der Waals surface area (Å²) in [6.07, 6.45) is 1.03. The van der Waals surface area contributed by atoms with Crippen molar-refractivity contribution in [3.05, 3.63) is 29.3 Å². The highest BCUT2D eigenvalue weighted by Crippen LogP contribution is 2.63. The number of esters is 1. The lowest BCUT2D eigenvalue weighted by Gasteiger charge is -2.36. The van der Waals surface area contributed by atoms with Gasteiger partial charge in [-0.3, -0.25) is 14.4 Å². The zero-order valence-corrected chi connectivity index (χ0v) is 19.3. The molecule has 0 radical (unpaired) electrons. The van der Waals surface area contributed by atoms with E-state index in [9.17, 15) is 19.5 Å². The Hall–Kier alpha value is -2.45. The van der Waals surface area contributed by atoms with Gasteiger partial charge in [-0.05, 0) is 58.6 Å². The van der Waals surface area contributed by atoms with Gasteiger partial charge in [-0.1, -0.05) is 18.2 Å². The number of benzene rings is 1. The lowest BCUT2D eigenvalue weighted by atomic mass is 9.66. The number of nitrogens with one attached hydrogen (secondary N) is 1. The predicted octanol–water partition coefficient (Wildman–Crippen LogP) is 1.95. The van der Waals surface area contributed by atoms with Crippen LogP contribution < -0.4 is 5.32 Å². The summed E-state index contributed by atoms with van der Waals surface area (Å²) in [5.41, 5.74) is 0.519. The molecule has 8 nitrogen and oxygen atoms in total. The number of amides is 2. The molecular formula is C24H32N2O6. The minimum Gasteiger partial charge on any atom is -0.466 e. The molecular weight excluding hydrogens is 412 g/mol. The highest BCUT2D eigenvalue weighted by Gasteiger charge is 2.78. The number of nitrogens with zero attached hydrogens (tertiary/aromatic N) is 1. The number of aliphatic hydroxyl groups is 1. The summed E-state index contributed by atoms with van der Waals surface area (Å²) in [5, 5.41) is 12.9. The van der Waals surface area contributed by atoms with Crippen LogP contribution in [0.15, 0.2) is 18.2 Å². The molecule has 2 unspecified atom stereocenters. The van der Waals surface area contributed by atoms with Gasteiger partial charge in [-0.2, -0.15) is 0 Å². The molecule has 6 atom stereocenters. The molecule has 3 saturated heterocycles. The highest BCUT2D eigenvalue weighted by atomic mass is 16.6. The Morgan fingerprint density at radius 3 is 2.56 bits per heavy atom. The molecule has 3 fully saturated rings. The van der Waals surface area contributed by atoms with Gasteiger partial charge in [-0.15, -0.1) is 0 Å². The summed E-state index contributed by atoms with van der Waals surface area (Å²) in [6.45, 7) is 8.97. The van der Waals surface area contributed by atoms with Gasteiger partial charge in [0.15, 0.2) is 0 Å². The van der Waals surface area contributed by atoms with Crippen LogP contribution in [0.2, 0.25) is 0 Å². The number of rotatable bonds is 6. The molecule has 4 rings (SSSR count). The normalized spacial score (nSPS) is 33.9. The predicted molar refractivity (Wildman–Crippen MR) is 117 cm³/mol. The van der Waals surface area contributed by atoms with Gasteiger partial charge in [0.05, 0.1) is 30.8 Å². The number of aryl methyl sites for hydroxylation is 2. The summed E-state index contributed by atoms with van der Waals surface area (Å²) in [7, 11) is 0. The molecule has 32 heavy (non-hydrogen) atoms. The third-order valence-electron chi connectivity index (χ3n) is 7.47. The maximum Gasteiger partial charge on any atom is 0.312 e. The number of aliphatic hydroxyl groups excluding tert-OH is 1. The van der Waals surface area contributed by atoms with Crippen LogP contribution in [-0.4, -0.2) is 64.3 Å². The van der Waals surface area contributed by atoms with Crippen molar-refractivity contribution in [3.8, 4) is 0 Å². The van der Waals surface area contributed by atoms with E-state index in [1.165, 1.54) is 4.90 Å². The minimum atomic E-state index is -1.13. The second-order valence-electron chi connectivity index (χ2n) is 9.51. The Morgan fingerprint density at radius 1 is 1.31 bits per heavy atom. The van der Waals surface area contributed by atoms with Crippen LogP contribution in [0.5, 0.6) is 0 Å². The van der Waals surface area contributed by atoms with Crippen molar-refractivity contribution in [2.24, 2.45) is 11.8 Å². The molecule has 3 heterocycles. The molecule has 1 aromatic rings. The van der Waals surface area contributed by atoms with Gasteiger partial charge in [0.2, 0.25) is 11.8 Å². The molecule has 2 bridgehead atoms. The monoisotopic (exact) mass is 444 g/mol. The van der Waals surface area contributed by atoms with Crippen LogP contribution in [0.3, 0.4) is 0 Å². The average Bonchev–Trinajstić information content (AvgIpc) is 3.31. The van der Waals surface area contributed by atoms with Gasteiger partial charge in [0.25, 0.3) is 0 Å².